The van der Waals surface area contributed by atoms with Crippen molar-refractivity contribution in [2.24, 2.45) is 32.9 Å². The molecule has 10 nitrogen and oxygen atoms in total. The highest BCUT2D eigenvalue weighted by molar-refractivity contribution is 5.79. The van der Waals surface area contributed by atoms with E-state index >= 15 is 0 Å². The third-order valence-corrected chi connectivity index (χ3v) is 3.75. The highest BCUT2D eigenvalue weighted by Crippen LogP contribution is 2.24. The van der Waals surface area contributed by atoms with Crippen molar-refractivity contribution in [3.63, 3.8) is 0 Å². The summed E-state index contributed by atoms with van der Waals surface area (Å²) < 4.78 is 0. The van der Waals surface area contributed by atoms with E-state index in [1.54, 1.807) is 36.4 Å². The van der Waals surface area contributed by atoms with E-state index in [9.17, 15) is 10.2 Å². The summed E-state index contributed by atoms with van der Waals surface area (Å²) in [6.45, 7) is 2.18. The fourth-order valence-electron chi connectivity index (χ4n) is 2.49. The Bertz CT molecular complexity index is 787. The molecule has 0 atom stereocenters. The van der Waals surface area contributed by atoms with Crippen LogP contribution in [0.5, 0.6) is 11.5 Å². The fraction of sp³-hybridized carbons (Fsp3) is 0.222. The molecule has 0 fully saturated rings. The van der Waals surface area contributed by atoms with Gasteiger partial charge in [-0.15, -0.1) is 0 Å². The third kappa shape index (κ3) is 6.67. The van der Waals surface area contributed by atoms with Gasteiger partial charge in [0.2, 0.25) is 0 Å². The van der Waals surface area contributed by atoms with Gasteiger partial charge in [-0.25, -0.2) is 9.98 Å². The number of rotatable bonds is 9. The predicted octanol–water partition coefficient (Wildman–Crippen LogP) is -0.213. The molecule has 28 heavy (non-hydrogen) atoms. The van der Waals surface area contributed by atoms with Crippen LogP contribution in [0.25, 0.3) is 0 Å². The maximum absolute atomic E-state index is 9.92. The minimum atomic E-state index is -0.0408. The molecule has 150 valence electrons. The molecule has 0 saturated carbocycles. The SMILES string of the molecule is NC(N)=Nc1ccc(O)c(CNCCNCc2cc(N=C(N)N)ccc2O)c1. The second-order valence-corrected chi connectivity index (χ2v) is 6.05. The van der Waals surface area contributed by atoms with E-state index in [4.69, 9.17) is 22.9 Å². The molecule has 12 N–H and O–H groups in total. The average Bonchev–Trinajstić information content (AvgIpc) is 2.62. The second-order valence-electron chi connectivity index (χ2n) is 6.05. The van der Waals surface area contributed by atoms with Gasteiger partial charge < -0.3 is 43.8 Å². The number of aliphatic imine (C=N–C) groups is 2. The lowest BCUT2D eigenvalue weighted by molar-refractivity contribution is 0.461. The lowest BCUT2D eigenvalue weighted by Gasteiger charge is -2.10. The minimum absolute atomic E-state index is 0.0408. The van der Waals surface area contributed by atoms with Gasteiger partial charge in [0.05, 0.1) is 11.4 Å². The normalized spacial score (nSPS) is 10.4. The van der Waals surface area contributed by atoms with E-state index in [0.717, 1.165) is 0 Å². The number of nitrogens with one attached hydrogen (secondary N) is 2. The van der Waals surface area contributed by atoms with Crippen LogP contribution in [-0.2, 0) is 13.1 Å². The zero-order chi connectivity index (χ0) is 20.5. The first-order chi connectivity index (χ1) is 13.3. The molecule has 2 aromatic rings. The van der Waals surface area contributed by atoms with E-state index in [-0.39, 0.29) is 23.4 Å². The number of phenols is 2. The fourth-order valence-corrected chi connectivity index (χ4v) is 2.49. The Morgan fingerprint density at radius 1 is 0.714 bits per heavy atom. The van der Waals surface area contributed by atoms with Crippen LogP contribution in [0.4, 0.5) is 11.4 Å². The predicted molar refractivity (Wildman–Crippen MR) is 111 cm³/mol. The molecule has 2 aromatic carbocycles. The van der Waals surface area contributed by atoms with E-state index in [1.807, 2.05) is 0 Å². The summed E-state index contributed by atoms with van der Waals surface area (Å²) in [5, 5.41) is 26.3. The molecule has 10 heteroatoms. The first-order valence-electron chi connectivity index (χ1n) is 8.59. The number of nitrogens with two attached hydrogens (primary N) is 4. The number of nitrogens with zero attached hydrogens (tertiary/aromatic N) is 2. The summed E-state index contributed by atoms with van der Waals surface area (Å²) in [7, 11) is 0. The van der Waals surface area contributed by atoms with Gasteiger partial charge in [-0.3, -0.25) is 0 Å². The first kappa shape index (κ1) is 20.8. The number of guanidine groups is 2. The van der Waals surface area contributed by atoms with Crippen molar-refractivity contribution in [3.8, 4) is 11.5 Å². The third-order valence-electron chi connectivity index (χ3n) is 3.75. The van der Waals surface area contributed by atoms with Gasteiger partial charge >= 0.3 is 0 Å². The Balaban J connectivity index is 1.80. The van der Waals surface area contributed by atoms with Gasteiger partial charge in [0, 0.05) is 37.3 Å². The van der Waals surface area contributed by atoms with Crippen LogP contribution >= 0.6 is 0 Å². The smallest absolute Gasteiger partial charge is 0.191 e. The van der Waals surface area contributed by atoms with Gasteiger partial charge in [0.25, 0.3) is 0 Å². The van der Waals surface area contributed by atoms with Crippen LogP contribution in [-0.4, -0.2) is 35.2 Å². The Morgan fingerprint density at radius 3 is 1.46 bits per heavy atom. The highest BCUT2D eigenvalue weighted by Gasteiger charge is 2.04. The maximum Gasteiger partial charge on any atom is 0.191 e. The van der Waals surface area contributed by atoms with Gasteiger partial charge in [-0.1, -0.05) is 0 Å². The van der Waals surface area contributed by atoms with E-state index in [0.29, 0.717) is 48.7 Å². The molecule has 0 aliphatic rings. The molecular formula is C18H26N8O2. The number of hydrogen-bond donors (Lipinski definition) is 8. The summed E-state index contributed by atoms with van der Waals surface area (Å²) in [6.07, 6.45) is 0. The summed E-state index contributed by atoms with van der Waals surface area (Å²) in [4.78, 5) is 7.92. The maximum atomic E-state index is 9.92. The van der Waals surface area contributed by atoms with Crippen molar-refractivity contribution in [1.29, 1.82) is 0 Å². The Labute approximate surface area is 163 Å². The molecule has 0 saturated heterocycles. The van der Waals surface area contributed by atoms with Crippen LogP contribution in [0.15, 0.2) is 46.4 Å². The van der Waals surface area contributed by atoms with Crippen molar-refractivity contribution in [3.05, 3.63) is 47.5 Å². The van der Waals surface area contributed by atoms with Crippen LogP contribution < -0.4 is 33.6 Å². The molecule has 0 unspecified atom stereocenters. The quantitative estimate of drug-likeness (QED) is 0.165. The van der Waals surface area contributed by atoms with Crippen molar-refractivity contribution in [2.75, 3.05) is 13.1 Å². The number of benzene rings is 2. The van der Waals surface area contributed by atoms with Crippen molar-refractivity contribution in [2.45, 2.75) is 13.1 Å². The summed E-state index contributed by atoms with van der Waals surface area (Å²) in [6, 6.07) is 9.77. The Kier molecular flexibility index (Phi) is 7.43. The minimum Gasteiger partial charge on any atom is -0.508 e. The number of hydrogen-bond acceptors (Lipinski definition) is 6. The van der Waals surface area contributed by atoms with Crippen molar-refractivity contribution in [1.82, 2.24) is 10.6 Å². The second kappa shape index (κ2) is 10.00. The average molecular weight is 386 g/mol. The van der Waals surface area contributed by atoms with Crippen molar-refractivity contribution < 1.29 is 10.2 Å². The number of aromatic hydroxyl groups is 2. The Morgan fingerprint density at radius 2 is 1.11 bits per heavy atom. The lowest BCUT2D eigenvalue weighted by atomic mass is 10.1. The van der Waals surface area contributed by atoms with Gasteiger partial charge in [-0.05, 0) is 36.4 Å². The monoisotopic (exact) mass is 386 g/mol. The van der Waals surface area contributed by atoms with Crippen LogP contribution in [0.1, 0.15) is 11.1 Å². The molecule has 0 aromatic heterocycles. The molecule has 0 aliphatic carbocycles. The largest absolute Gasteiger partial charge is 0.508 e. The molecule has 0 spiro atoms. The molecular weight excluding hydrogens is 360 g/mol. The first-order valence-corrected chi connectivity index (χ1v) is 8.59. The zero-order valence-corrected chi connectivity index (χ0v) is 15.4. The zero-order valence-electron chi connectivity index (χ0n) is 15.4. The molecule has 2 rings (SSSR count). The van der Waals surface area contributed by atoms with Crippen LogP contribution in [0, 0.1) is 0 Å². The standard InChI is InChI=1S/C18H26N8O2/c19-17(20)25-13-1-3-15(27)11(7-13)9-23-5-6-24-10-12-8-14(26-18(21)22)2-4-16(12)28/h1-4,7-8,23-24,27-28H,5-6,9-10H2,(H4,19,20,25)(H4,21,22,26). The Hall–Kier alpha value is -3.50. The van der Waals surface area contributed by atoms with E-state index in [1.165, 1.54) is 0 Å². The van der Waals surface area contributed by atoms with E-state index < -0.39 is 0 Å². The molecule has 0 radical (unpaired) electrons. The van der Waals surface area contributed by atoms with Crippen molar-refractivity contribution >= 4 is 23.3 Å². The topological polar surface area (TPSA) is 193 Å². The highest BCUT2D eigenvalue weighted by atomic mass is 16.3. The summed E-state index contributed by atoms with van der Waals surface area (Å²) >= 11 is 0. The molecule has 0 amide bonds. The molecule has 0 bridgehead atoms. The summed E-state index contributed by atoms with van der Waals surface area (Å²) in [5.74, 6) is 0.245. The lowest BCUT2D eigenvalue weighted by Crippen LogP contribution is -2.26. The summed E-state index contributed by atoms with van der Waals surface area (Å²) in [5.41, 5.74) is 24.0. The van der Waals surface area contributed by atoms with Gasteiger partial charge in [0.15, 0.2) is 11.9 Å². The molecule has 0 aliphatic heterocycles. The van der Waals surface area contributed by atoms with E-state index in [2.05, 4.69) is 20.6 Å². The van der Waals surface area contributed by atoms with Gasteiger partial charge in [-0.2, -0.15) is 0 Å². The molecule has 0 heterocycles. The number of phenolic OH excluding ortho intramolecular Hbond substituents is 2. The van der Waals surface area contributed by atoms with Crippen LogP contribution in [0.3, 0.4) is 0 Å². The van der Waals surface area contributed by atoms with Gasteiger partial charge in [0.1, 0.15) is 11.5 Å². The van der Waals surface area contributed by atoms with Crippen LogP contribution in [0.2, 0.25) is 0 Å².